The van der Waals surface area contributed by atoms with E-state index in [0.29, 0.717) is 12.5 Å². The van der Waals surface area contributed by atoms with Crippen molar-refractivity contribution < 1.29 is 0 Å². The van der Waals surface area contributed by atoms with Crippen LogP contribution in [0.5, 0.6) is 0 Å². The lowest BCUT2D eigenvalue weighted by atomic mass is 10.2. The Hall–Kier alpha value is -1.97. The van der Waals surface area contributed by atoms with Crippen molar-refractivity contribution >= 4 is 5.95 Å². The molecule has 0 aliphatic heterocycles. The second kappa shape index (κ2) is 4.50. The van der Waals surface area contributed by atoms with Crippen molar-refractivity contribution in [1.29, 1.82) is 0 Å². The van der Waals surface area contributed by atoms with Crippen LogP contribution < -0.4 is 5.32 Å². The van der Waals surface area contributed by atoms with Gasteiger partial charge >= 0.3 is 0 Å². The van der Waals surface area contributed by atoms with E-state index in [1.54, 1.807) is 24.7 Å². The predicted molar refractivity (Wildman–Crippen MR) is 58.3 cm³/mol. The van der Waals surface area contributed by atoms with E-state index in [9.17, 15) is 0 Å². The molecule has 0 fully saturated rings. The molecule has 4 nitrogen and oxygen atoms in total. The average molecular weight is 200 g/mol. The highest BCUT2D eigenvalue weighted by atomic mass is 15.1. The first-order valence-corrected chi connectivity index (χ1v) is 4.76. The molecule has 0 spiro atoms. The van der Waals surface area contributed by atoms with Crippen LogP contribution in [0.4, 0.5) is 5.95 Å². The Kier molecular flexibility index (Phi) is 2.88. The summed E-state index contributed by atoms with van der Waals surface area (Å²) in [6.07, 6.45) is 7.07. The molecular weight excluding hydrogens is 188 g/mol. The molecule has 0 aliphatic rings. The SMILES string of the molecule is Cc1ccncc1CNc1ncccn1. The number of hydrogen-bond donors (Lipinski definition) is 1. The lowest BCUT2D eigenvalue weighted by molar-refractivity contribution is 1.03. The van der Waals surface area contributed by atoms with Gasteiger partial charge in [0.1, 0.15) is 0 Å². The number of nitrogens with one attached hydrogen (secondary N) is 1. The first-order valence-electron chi connectivity index (χ1n) is 4.76. The molecule has 0 aromatic carbocycles. The number of pyridine rings is 1. The van der Waals surface area contributed by atoms with Gasteiger partial charge in [0.25, 0.3) is 0 Å². The third kappa shape index (κ3) is 2.49. The van der Waals surface area contributed by atoms with Gasteiger partial charge in [0, 0.05) is 31.3 Å². The zero-order valence-corrected chi connectivity index (χ0v) is 8.51. The van der Waals surface area contributed by atoms with Crippen LogP contribution in [-0.4, -0.2) is 15.0 Å². The highest BCUT2D eigenvalue weighted by Crippen LogP contribution is 2.06. The van der Waals surface area contributed by atoms with E-state index in [2.05, 4.69) is 27.2 Å². The molecule has 0 aliphatic carbocycles. The first-order chi connectivity index (χ1) is 7.36. The van der Waals surface area contributed by atoms with Crippen LogP contribution >= 0.6 is 0 Å². The Morgan fingerprint density at radius 3 is 2.73 bits per heavy atom. The van der Waals surface area contributed by atoms with Gasteiger partial charge in [-0.2, -0.15) is 0 Å². The molecule has 2 heterocycles. The van der Waals surface area contributed by atoms with E-state index in [0.717, 1.165) is 5.56 Å². The van der Waals surface area contributed by atoms with Crippen LogP contribution in [0.2, 0.25) is 0 Å². The third-order valence-corrected chi connectivity index (χ3v) is 2.15. The third-order valence-electron chi connectivity index (χ3n) is 2.15. The maximum absolute atomic E-state index is 4.08. The summed E-state index contributed by atoms with van der Waals surface area (Å²) in [5.74, 6) is 0.640. The number of aryl methyl sites for hydroxylation is 1. The molecule has 2 rings (SSSR count). The summed E-state index contributed by atoms with van der Waals surface area (Å²) < 4.78 is 0. The maximum atomic E-state index is 4.08. The fourth-order valence-electron chi connectivity index (χ4n) is 1.25. The zero-order valence-electron chi connectivity index (χ0n) is 8.51. The molecule has 15 heavy (non-hydrogen) atoms. The van der Waals surface area contributed by atoms with Crippen LogP contribution in [0.15, 0.2) is 36.9 Å². The van der Waals surface area contributed by atoms with E-state index >= 15 is 0 Å². The number of nitrogens with zero attached hydrogens (tertiary/aromatic N) is 3. The quantitative estimate of drug-likeness (QED) is 0.820. The van der Waals surface area contributed by atoms with Crippen LogP contribution in [0.25, 0.3) is 0 Å². The van der Waals surface area contributed by atoms with Crippen molar-refractivity contribution in [2.24, 2.45) is 0 Å². The first kappa shape index (κ1) is 9.58. The van der Waals surface area contributed by atoms with Crippen molar-refractivity contribution in [3.63, 3.8) is 0 Å². The lowest BCUT2D eigenvalue weighted by Crippen LogP contribution is -2.04. The minimum absolute atomic E-state index is 0.640. The number of hydrogen-bond acceptors (Lipinski definition) is 4. The predicted octanol–water partition coefficient (Wildman–Crippen LogP) is 1.79. The van der Waals surface area contributed by atoms with Crippen LogP contribution in [0.1, 0.15) is 11.1 Å². The summed E-state index contributed by atoms with van der Waals surface area (Å²) in [5, 5.41) is 3.14. The highest BCUT2D eigenvalue weighted by molar-refractivity contribution is 5.28. The lowest BCUT2D eigenvalue weighted by Gasteiger charge is -2.06. The normalized spacial score (nSPS) is 9.93. The van der Waals surface area contributed by atoms with Gasteiger partial charge in [-0.25, -0.2) is 9.97 Å². The van der Waals surface area contributed by atoms with E-state index in [1.165, 1.54) is 5.56 Å². The van der Waals surface area contributed by atoms with Crippen LogP contribution in [-0.2, 0) is 6.54 Å². The molecule has 0 amide bonds. The zero-order chi connectivity index (χ0) is 10.5. The molecule has 2 aromatic heterocycles. The van der Waals surface area contributed by atoms with Crippen molar-refractivity contribution in [3.05, 3.63) is 48.0 Å². The van der Waals surface area contributed by atoms with Crippen molar-refractivity contribution in [3.8, 4) is 0 Å². The van der Waals surface area contributed by atoms with E-state index in [4.69, 9.17) is 0 Å². The van der Waals surface area contributed by atoms with Crippen LogP contribution in [0, 0.1) is 6.92 Å². The van der Waals surface area contributed by atoms with Gasteiger partial charge < -0.3 is 5.32 Å². The fourth-order valence-corrected chi connectivity index (χ4v) is 1.25. The van der Waals surface area contributed by atoms with Gasteiger partial charge in [-0.15, -0.1) is 0 Å². The average Bonchev–Trinajstić information content (AvgIpc) is 2.29. The molecule has 4 heteroatoms. The Bertz CT molecular complexity index is 428. The molecule has 0 saturated heterocycles. The molecule has 0 bridgehead atoms. The highest BCUT2D eigenvalue weighted by Gasteiger charge is 1.98. The Morgan fingerprint density at radius 2 is 2.00 bits per heavy atom. The van der Waals surface area contributed by atoms with Gasteiger partial charge in [-0.3, -0.25) is 4.98 Å². The minimum Gasteiger partial charge on any atom is -0.350 e. The second-order valence-electron chi connectivity index (χ2n) is 3.23. The fraction of sp³-hybridized carbons (Fsp3) is 0.182. The monoisotopic (exact) mass is 200 g/mol. The summed E-state index contributed by atoms with van der Waals surface area (Å²) in [6, 6.07) is 3.78. The second-order valence-corrected chi connectivity index (χ2v) is 3.23. The molecule has 0 atom stereocenters. The van der Waals surface area contributed by atoms with Gasteiger partial charge in [0.15, 0.2) is 0 Å². The standard InChI is InChI=1S/C11H12N4/c1-9-3-6-12-7-10(9)8-15-11-13-4-2-5-14-11/h2-7H,8H2,1H3,(H,13,14,15). The molecule has 2 aromatic rings. The van der Waals surface area contributed by atoms with Crippen molar-refractivity contribution in [2.45, 2.75) is 13.5 Å². The molecule has 76 valence electrons. The molecular formula is C11H12N4. The molecule has 0 unspecified atom stereocenters. The van der Waals surface area contributed by atoms with Gasteiger partial charge in [-0.05, 0) is 30.2 Å². The van der Waals surface area contributed by atoms with E-state index < -0.39 is 0 Å². The Balaban J connectivity index is 2.03. The number of anilines is 1. The largest absolute Gasteiger partial charge is 0.350 e. The summed E-state index contributed by atoms with van der Waals surface area (Å²) in [5.41, 5.74) is 2.37. The molecule has 1 N–H and O–H groups in total. The summed E-state index contributed by atoms with van der Waals surface area (Å²) >= 11 is 0. The summed E-state index contributed by atoms with van der Waals surface area (Å²) in [4.78, 5) is 12.2. The Morgan fingerprint density at radius 1 is 1.20 bits per heavy atom. The van der Waals surface area contributed by atoms with Crippen LogP contribution in [0.3, 0.4) is 0 Å². The minimum atomic E-state index is 0.640. The summed E-state index contributed by atoms with van der Waals surface area (Å²) in [6.45, 7) is 2.76. The van der Waals surface area contributed by atoms with Gasteiger partial charge in [-0.1, -0.05) is 0 Å². The summed E-state index contributed by atoms with van der Waals surface area (Å²) in [7, 11) is 0. The van der Waals surface area contributed by atoms with Gasteiger partial charge in [0.2, 0.25) is 5.95 Å². The van der Waals surface area contributed by atoms with Gasteiger partial charge in [0.05, 0.1) is 0 Å². The molecule has 0 saturated carbocycles. The Labute approximate surface area is 88.4 Å². The van der Waals surface area contributed by atoms with Crippen molar-refractivity contribution in [2.75, 3.05) is 5.32 Å². The topological polar surface area (TPSA) is 50.7 Å². The van der Waals surface area contributed by atoms with E-state index in [-0.39, 0.29) is 0 Å². The maximum Gasteiger partial charge on any atom is 0.222 e. The smallest absolute Gasteiger partial charge is 0.222 e. The van der Waals surface area contributed by atoms with Crippen molar-refractivity contribution in [1.82, 2.24) is 15.0 Å². The van der Waals surface area contributed by atoms with E-state index in [1.807, 2.05) is 12.3 Å². The number of rotatable bonds is 3. The molecule has 0 radical (unpaired) electrons. The number of aromatic nitrogens is 3.